The molecule has 1 heterocycles. The third-order valence-corrected chi connectivity index (χ3v) is 4.12. The molecule has 1 N–H and O–H groups in total. The molecule has 19 heavy (non-hydrogen) atoms. The molecule has 0 spiro atoms. The Bertz CT molecular complexity index is 479. The maximum Gasteiger partial charge on any atom is 0.222 e. The predicted octanol–water partition coefficient (Wildman–Crippen LogP) is 3.26. The van der Waals surface area contributed by atoms with Crippen LogP contribution < -0.4 is 5.32 Å². The van der Waals surface area contributed by atoms with E-state index in [1.807, 2.05) is 19.2 Å². The molecule has 1 aliphatic rings. The van der Waals surface area contributed by atoms with Gasteiger partial charge < -0.3 is 10.2 Å². The zero-order valence-electron chi connectivity index (χ0n) is 11.1. The molecule has 1 aromatic carbocycles. The van der Waals surface area contributed by atoms with Crippen LogP contribution in [0.3, 0.4) is 0 Å². The van der Waals surface area contributed by atoms with Gasteiger partial charge in [0.15, 0.2) is 0 Å². The van der Waals surface area contributed by atoms with Crippen LogP contribution in [0.4, 0.5) is 0 Å². The monoisotopic (exact) mass is 300 g/mol. The largest absolute Gasteiger partial charge is 0.344 e. The van der Waals surface area contributed by atoms with Crippen LogP contribution in [0.2, 0.25) is 10.0 Å². The number of benzene rings is 1. The van der Waals surface area contributed by atoms with Crippen molar-refractivity contribution >= 4 is 29.1 Å². The van der Waals surface area contributed by atoms with E-state index in [9.17, 15) is 4.79 Å². The van der Waals surface area contributed by atoms with Crippen LogP contribution in [0.15, 0.2) is 18.2 Å². The zero-order valence-corrected chi connectivity index (χ0v) is 12.6. The molecule has 1 amide bonds. The summed E-state index contributed by atoms with van der Waals surface area (Å²) in [5.74, 6) is 0.214. The first-order chi connectivity index (χ1) is 8.97. The highest BCUT2D eigenvalue weighted by atomic mass is 35.5. The summed E-state index contributed by atoms with van der Waals surface area (Å²) < 4.78 is 0. The Hall–Kier alpha value is -0.770. The smallest absolute Gasteiger partial charge is 0.222 e. The number of nitrogens with zero attached hydrogens (tertiary/aromatic N) is 1. The van der Waals surface area contributed by atoms with Gasteiger partial charge in [-0.15, -0.1) is 0 Å². The molecular formula is C14H18Cl2N2O. The first-order valence-electron chi connectivity index (χ1n) is 6.42. The zero-order chi connectivity index (χ0) is 14.0. The van der Waals surface area contributed by atoms with Gasteiger partial charge >= 0.3 is 0 Å². The number of likely N-dealkylation sites (N-methyl/N-ethyl adjacent to an activating group) is 1. The summed E-state index contributed by atoms with van der Waals surface area (Å²) in [5.41, 5.74) is 0.994. The first kappa shape index (κ1) is 14.6. The number of rotatable bonds is 3. The fourth-order valence-electron chi connectivity index (χ4n) is 2.44. The number of piperidine rings is 1. The lowest BCUT2D eigenvalue weighted by Gasteiger charge is -2.32. The average molecular weight is 301 g/mol. The van der Waals surface area contributed by atoms with Crippen molar-refractivity contribution < 1.29 is 4.79 Å². The van der Waals surface area contributed by atoms with Crippen molar-refractivity contribution in [3.05, 3.63) is 33.8 Å². The molecule has 1 aliphatic heterocycles. The minimum Gasteiger partial charge on any atom is -0.344 e. The minimum absolute atomic E-state index is 0.109. The highest BCUT2D eigenvalue weighted by Crippen LogP contribution is 2.27. The van der Waals surface area contributed by atoms with Crippen molar-refractivity contribution in [2.75, 3.05) is 13.6 Å². The molecule has 1 saturated heterocycles. The standard InChI is InChI=1S/C14H18Cl2N2O/c1-9(12-7-10(15)3-5-13(12)16)17-11-4-6-14(19)18(2)8-11/h3,5,7,9,11,17H,4,6,8H2,1-2H3. The number of halogens is 2. The fourth-order valence-corrected chi connectivity index (χ4v) is 2.90. The van der Waals surface area contributed by atoms with Crippen LogP contribution in [0, 0.1) is 0 Å². The molecule has 0 bridgehead atoms. The summed E-state index contributed by atoms with van der Waals surface area (Å²) in [7, 11) is 1.84. The summed E-state index contributed by atoms with van der Waals surface area (Å²) in [5, 5.41) is 4.91. The Morgan fingerprint density at radius 1 is 1.42 bits per heavy atom. The Kier molecular flexibility index (Phi) is 4.71. The summed E-state index contributed by atoms with van der Waals surface area (Å²) >= 11 is 12.2. The van der Waals surface area contributed by atoms with Gasteiger partial charge in [-0.3, -0.25) is 4.79 Å². The van der Waals surface area contributed by atoms with Crippen molar-refractivity contribution in [2.45, 2.75) is 31.8 Å². The molecule has 0 radical (unpaired) electrons. The maximum atomic E-state index is 11.5. The second-order valence-electron chi connectivity index (χ2n) is 5.06. The highest BCUT2D eigenvalue weighted by Gasteiger charge is 2.24. The molecule has 0 aliphatic carbocycles. The number of likely N-dealkylation sites (tertiary alicyclic amines) is 1. The van der Waals surface area contributed by atoms with E-state index in [0.717, 1.165) is 18.5 Å². The van der Waals surface area contributed by atoms with Gasteiger partial charge in [-0.1, -0.05) is 23.2 Å². The molecule has 0 saturated carbocycles. The second-order valence-corrected chi connectivity index (χ2v) is 5.91. The quantitative estimate of drug-likeness (QED) is 0.929. The van der Waals surface area contributed by atoms with Crippen LogP contribution in [0.25, 0.3) is 0 Å². The molecule has 2 atom stereocenters. The summed E-state index contributed by atoms with van der Waals surface area (Å²) in [6, 6.07) is 5.89. The summed E-state index contributed by atoms with van der Waals surface area (Å²) in [4.78, 5) is 13.2. The average Bonchev–Trinajstić information content (AvgIpc) is 2.36. The van der Waals surface area contributed by atoms with Gasteiger partial charge in [-0.2, -0.15) is 0 Å². The van der Waals surface area contributed by atoms with Gasteiger partial charge in [-0.05, 0) is 37.1 Å². The number of nitrogens with one attached hydrogen (secondary N) is 1. The normalized spacial score (nSPS) is 21.6. The predicted molar refractivity (Wildman–Crippen MR) is 78.7 cm³/mol. The van der Waals surface area contributed by atoms with E-state index in [4.69, 9.17) is 23.2 Å². The van der Waals surface area contributed by atoms with E-state index in [0.29, 0.717) is 22.5 Å². The van der Waals surface area contributed by atoms with Gasteiger partial charge in [0, 0.05) is 42.1 Å². The van der Waals surface area contributed by atoms with Gasteiger partial charge in [0.25, 0.3) is 0 Å². The van der Waals surface area contributed by atoms with Crippen LogP contribution >= 0.6 is 23.2 Å². The molecule has 2 rings (SSSR count). The van der Waals surface area contributed by atoms with Crippen molar-refractivity contribution in [1.82, 2.24) is 10.2 Å². The van der Waals surface area contributed by atoms with Crippen LogP contribution in [0.1, 0.15) is 31.4 Å². The lowest BCUT2D eigenvalue weighted by molar-refractivity contribution is -0.132. The summed E-state index contributed by atoms with van der Waals surface area (Å²) in [6.45, 7) is 2.80. The van der Waals surface area contributed by atoms with Gasteiger partial charge in [0.1, 0.15) is 0 Å². The van der Waals surface area contributed by atoms with E-state index in [1.165, 1.54) is 0 Å². The molecule has 104 valence electrons. The third kappa shape index (κ3) is 3.62. The Morgan fingerprint density at radius 3 is 2.84 bits per heavy atom. The SMILES string of the molecule is CC(NC1CCC(=O)N(C)C1)c1cc(Cl)ccc1Cl. The summed E-state index contributed by atoms with van der Waals surface area (Å²) in [6.07, 6.45) is 1.47. The van der Waals surface area contributed by atoms with E-state index < -0.39 is 0 Å². The maximum absolute atomic E-state index is 11.5. The lowest BCUT2D eigenvalue weighted by Crippen LogP contribution is -2.47. The number of hydrogen-bond donors (Lipinski definition) is 1. The number of carbonyl (C=O) groups excluding carboxylic acids is 1. The van der Waals surface area contributed by atoms with Crippen molar-refractivity contribution in [3.8, 4) is 0 Å². The Morgan fingerprint density at radius 2 is 2.16 bits per heavy atom. The van der Waals surface area contributed by atoms with E-state index in [-0.39, 0.29) is 11.9 Å². The molecular weight excluding hydrogens is 283 g/mol. The molecule has 1 fully saturated rings. The molecule has 5 heteroatoms. The van der Waals surface area contributed by atoms with Crippen LogP contribution in [-0.4, -0.2) is 30.4 Å². The molecule has 1 aromatic rings. The van der Waals surface area contributed by atoms with E-state index in [2.05, 4.69) is 12.2 Å². The first-order valence-corrected chi connectivity index (χ1v) is 7.18. The van der Waals surface area contributed by atoms with Gasteiger partial charge in [-0.25, -0.2) is 0 Å². The number of hydrogen-bond acceptors (Lipinski definition) is 2. The van der Waals surface area contributed by atoms with Gasteiger partial charge in [0.05, 0.1) is 0 Å². The Labute approximate surface area is 123 Å². The van der Waals surface area contributed by atoms with Crippen LogP contribution in [-0.2, 0) is 4.79 Å². The fraction of sp³-hybridized carbons (Fsp3) is 0.500. The third-order valence-electron chi connectivity index (χ3n) is 3.54. The number of amides is 1. The van der Waals surface area contributed by atoms with Gasteiger partial charge in [0.2, 0.25) is 5.91 Å². The number of carbonyl (C=O) groups is 1. The topological polar surface area (TPSA) is 32.3 Å². The molecule has 0 aromatic heterocycles. The second kappa shape index (κ2) is 6.12. The Balaban J connectivity index is 2.03. The lowest BCUT2D eigenvalue weighted by atomic mass is 10.0. The van der Waals surface area contributed by atoms with Crippen molar-refractivity contribution in [2.24, 2.45) is 0 Å². The van der Waals surface area contributed by atoms with E-state index >= 15 is 0 Å². The van der Waals surface area contributed by atoms with Crippen molar-refractivity contribution in [3.63, 3.8) is 0 Å². The van der Waals surface area contributed by atoms with Crippen LogP contribution in [0.5, 0.6) is 0 Å². The molecule has 3 nitrogen and oxygen atoms in total. The van der Waals surface area contributed by atoms with E-state index in [1.54, 1.807) is 11.0 Å². The highest BCUT2D eigenvalue weighted by molar-refractivity contribution is 6.33. The minimum atomic E-state index is 0.109. The van der Waals surface area contributed by atoms with Crippen molar-refractivity contribution in [1.29, 1.82) is 0 Å². The molecule has 2 unspecified atom stereocenters.